The highest BCUT2D eigenvalue weighted by atomic mass is 32.2. The Kier molecular flexibility index (Phi) is 8.48. The van der Waals surface area contributed by atoms with Gasteiger partial charge < -0.3 is 14.4 Å². The molecule has 0 aromatic heterocycles. The summed E-state index contributed by atoms with van der Waals surface area (Å²) in [4.78, 5) is 14.3. The third kappa shape index (κ3) is 6.48. The van der Waals surface area contributed by atoms with E-state index in [1.54, 1.807) is 0 Å². The van der Waals surface area contributed by atoms with Crippen molar-refractivity contribution in [2.24, 2.45) is 0 Å². The molecule has 0 fully saturated rings. The van der Waals surface area contributed by atoms with Crippen LogP contribution in [0.5, 0.6) is 5.75 Å². The van der Waals surface area contributed by atoms with E-state index in [1.165, 1.54) is 14.7 Å². The van der Waals surface area contributed by atoms with Gasteiger partial charge >= 0.3 is 5.97 Å². The van der Waals surface area contributed by atoms with E-state index in [-0.39, 0.29) is 16.5 Å². The Hall–Kier alpha value is -3.59. The van der Waals surface area contributed by atoms with Gasteiger partial charge in [-0.1, -0.05) is 54.6 Å². The second-order valence-corrected chi connectivity index (χ2v) is 10.2. The number of hydrogen-bond donors (Lipinski definition) is 1. The first kappa shape index (κ1) is 25.0. The van der Waals surface area contributed by atoms with Gasteiger partial charge in [0.15, 0.2) is 14.7 Å². The summed E-state index contributed by atoms with van der Waals surface area (Å²) in [6, 6.07) is 34.9. The maximum atomic E-state index is 11.0. The fourth-order valence-corrected chi connectivity index (χ4v) is 5.71. The monoisotopic (exact) mass is 494 g/mol. The molecule has 0 aliphatic carbocycles. The molecular formula is C26H22O6S2. The zero-order valence-corrected chi connectivity index (χ0v) is 19.8. The molecule has 0 saturated carbocycles. The number of carbonyl (C=O) groups excluding carboxylic acids is 1. The number of aromatic hydroxyl groups is 1. The highest BCUT2D eigenvalue weighted by Crippen LogP contribution is 2.30. The van der Waals surface area contributed by atoms with Crippen molar-refractivity contribution in [3.05, 3.63) is 115 Å². The third-order valence-corrected chi connectivity index (χ3v) is 7.70. The highest BCUT2D eigenvalue weighted by Gasteiger charge is 2.27. The minimum Gasteiger partial charge on any atom is -0.744 e. The minimum atomic E-state index is -4.73. The first-order valence-electron chi connectivity index (χ1n) is 10.1. The SMILES string of the molecule is COC(=O)c1ccc(S(=O)(=O)[O-])c(O)c1.c1ccc([S+](c2ccccc2)c2ccccc2)cc1. The Morgan fingerprint density at radius 3 is 1.50 bits per heavy atom. The maximum Gasteiger partial charge on any atom is 0.337 e. The van der Waals surface area contributed by atoms with Gasteiger partial charge in [0.1, 0.15) is 15.9 Å². The summed E-state index contributed by atoms with van der Waals surface area (Å²) < 4.78 is 36.1. The van der Waals surface area contributed by atoms with Crippen molar-refractivity contribution >= 4 is 27.0 Å². The number of carbonyl (C=O) groups is 1. The van der Waals surface area contributed by atoms with Crippen LogP contribution >= 0.6 is 0 Å². The van der Waals surface area contributed by atoms with E-state index >= 15 is 0 Å². The van der Waals surface area contributed by atoms with Crippen molar-refractivity contribution in [2.45, 2.75) is 19.6 Å². The van der Waals surface area contributed by atoms with Crippen LogP contribution in [0.1, 0.15) is 10.4 Å². The first-order valence-corrected chi connectivity index (χ1v) is 12.7. The van der Waals surface area contributed by atoms with E-state index < -0.39 is 26.7 Å². The Morgan fingerprint density at radius 2 is 1.18 bits per heavy atom. The molecule has 174 valence electrons. The highest BCUT2D eigenvalue weighted by molar-refractivity contribution is 7.97. The molecule has 4 aromatic rings. The van der Waals surface area contributed by atoms with Crippen LogP contribution in [0.15, 0.2) is 129 Å². The van der Waals surface area contributed by atoms with Gasteiger partial charge in [0.25, 0.3) is 0 Å². The van der Waals surface area contributed by atoms with Gasteiger partial charge in [-0.3, -0.25) is 0 Å². The number of phenolic OH excluding ortho intramolecular Hbond substituents is 1. The summed E-state index contributed by atoms with van der Waals surface area (Å²) in [6.07, 6.45) is 0. The summed E-state index contributed by atoms with van der Waals surface area (Å²) in [6.45, 7) is 0. The molecule has 0 radical (unpaired) electrons. The van der Waals surface area contributed by atoms with Crippen LogP contribution in [0.3, 0.4) is 0 Å². The second-order valence-electron chi connectivity index (χ2n) is 6.87. The van der Waals surface area contributed by atoms with Gasteiger partial charge in [0.05, 0.1) is 28.5 Å². The molecule has 8 heteroatoms. The molecule has 0 aliphatic rings. The van der Waals surface area contributed by atoms with E-state index in [2.05, 4.69) is 95.7 Å². The standard InChI is InChI=1S/C18H15S.C8H8O6S/c1-4-10-16(11-5-1)19(17-12-6-2-7-13-17)18-14-8-3-9-15-18;1-14-8(10)5-2-3-7(6(9)4-5)15(11,12)13/h1-15H;2-4,9H,1H3,(H,11,12,13)/q+1;/p-1. The van der Waals surface area contributed by atoms with E-state index in [4.69, 9.17) is 0 Å². The van der Waals surface area contributed by atoms with Crippen LogP contribution in [0.25, 0.3) is 0 Å². The molecule has 6 nitrogen and oxygen atoms in total. The fourth-order valence-electron chi connectivity index (χ4n) is 3.05. The zero-order chi connectivity index (χ0) is 24.6. The van der Waals surface area contributed by atoms with Crippen molar-refractivity contribution in [1.82, 2.24) is 0 Å². The number of hydrogen-bond acceptors (Lipinski definition) is 6. The lowest BCUT2D eigenvalue weighted by Gasteiger charge is -2.09. The lowest BCUT2D eigenvalue weighted by molar-refractivity contribution is 0.0600. The molecule has 0 spiro atoms. The molecule has 0 unspecified atom stereocenters. The topological polar surface area (TPSA) is 104 Å². The van der Waals surface area contributed by atoms with E-state index in [0.29, 0.717) is 0 Å². The van der Waals surface area contributed by atoms with Gasteiger partial charge in [-0.05, 0) is 54.6 Å². The van der Waals surface area contributed by atoms with Gasteiger partial charge in [-0.25, -0.2) is 13.2 Å². The molecular weight excluding hydrogens is 472 g/mol. The van der Waals surface area contributed by atoms with Gasteiger partial charge in [0.2, 0.25) is 0 Å². The minimum absolute atomic E-state index is 0.0146. The fraction of sp³-hybridized carbons (Fsp3) is 0.0385. The van der Waals surface area contributed by atoms with Crippen LogP contribution in [0.4, 0.5) is 0 Å². The quantitative estimate of drug-likeness (QED) is 0.241. The Labute approximate surface area is 201 Å². The van der Waals surface area contributed by atoms with Crippen molar-refractivity contribution in [1.29, 1.82) is 0 Å². The van der Waals surface area contributed by atoms with Crippen LogP contribution in [0, 0.1) is 0 Å². The molecule has 34 heavy (non-hydrogen) atoms. The van der Waals surface area contributed by atoms with Crippen molar-refractivity contribution in [3.8, 4) is 5.75 Å². The number of esters is 1. The smallest absolute Gasteiger partial charge is 0.337 e. The number of rotatable bonds is 5. The number of phenols is 1. The number of ether oxygens (including phenoxy) is 1. The maximum absolute atomic E-state index is 11.0. The summed E-state index contributed by atoms with van der Waals surface area (Å²) in [5, 5.41) is 9.18. The average molecular weight is 495 g/mol. The van der Waals surface area contributed by atoms with Crippen molar-refractivity contribution < 1.29 is 27.6 Å². The molecule has 0 atom stereocenters. The van der Waals surface area contributed by atoms with Crippen LogP contribution < -0.4 is 0 Å². The summed E-state index contributed by atoms with van der Waals surface area (Å²) in [5.74, 6) is -1.51. The normalized spacial score (nSPS) is 10.8. The van der Waals surface area contributed by atoms with Gasteiger partial charge in [-0.2, -0.15) is 0 Å². The van der Waals surface area contributed by atoms with Crippen LogP contribution in [-0.2, 0) is 25.7 Å². The van der Waals surface area contributed by atoms with Crippen LogP contribution in [-0.4, -0.2) is 31.2 Å². The molecule has 0 heterocycles. The molecule has 0 amide bonds. The largest absolute Gasteiger partial charge is 0.744 e. The van der Waals surface area contributed by atoms with E-state index in [0.717, 1.165) is 25.3 Å². The Balaban J connectivity index is 0.000000197. The van der Waals surface area contributed by atoms with Crippen molar-refractivity contribution in [3.63, 3.8) is 0 Å². The molecule has 1 N–H and O–H groups in total. The number of benzene rings is 4. The second kappa shape index (κ2) is 11.5. The Bertz CT molecular complexity index is 1230. The molecule has 0 saturated heterocycles. The third-order valence-electron chi connectivity index (χ3n) is 4.59. The number of methoxy groups -OCH3 is 1. The average Bonchev–Trinajstić information content (AvgIpc) is 2.85. The molecule has 4 aromatic carbocycles. The predicted octanol–water partition coefficient (Wildman–Crippen LogP) is 4.86. The molecule has 4 rings (SSSR count). The zero-order valence-electron chi connectivity index (χ0n) is 18.2. The van der Waals surface area contributed by atoms with Crippen LogP contribution in [0.2, 0.25) is 0 Å². The molecule has 0 aliphatic heterocycles. The van der Waals surface area contributed by atoms with E-state index in [9.17, 15) is 22.9 Å². The predicted molar refractivity (Wildman–Crippen MR) is 129 cm³/mol. The van der Waals surface area contributed by atoms with Crippen molar-refractivity contribution in [2.75, 3.05) is 7.11 Å². The summed E-state index contributed by atoms with van der Waals surface area (Å²) >= 11 is 0. The van der Waals surface area contributed by atoms with Gasteiger partial charge in [0, 0.05) is 0 Å². The Morgan fingerprint density at radius 1 is 0.765 bits per heavy atom. The first-order chi connectivity index (χ1) is 16.3. The summed E-state index contributed by atoms with van der Waals surface area (Å²) in [7, 11) is -3.61. The lowest BCUT2D eigenvalue weighted by atomic mass is 10.2. The van der Waals surface area contributed by atoms with E-state index in [1.807, 2.05) is 0 Å². The molecule has 0 bridgehead atoms. The summed E-state index contributed by atoms with van der Waals surface area (Å²) in [5.41, 5.74) is -0.0394. The van der Waals surface area contributed by atoms with Gasteiger partial charge in [-0.15, -0.1) is 0 Å². The lowest BCUT2D eigenvalue weighted by Crippen LogP contribution is -2.04.